The molecule has 4 N–H and O–H groups in total. The van der Waals surface area contributed by atoms with Crippen LogP contribution in [0.4, 0.5) is 0 Å². The summed E-state index contributed by atoms with van der Waals surface area (Å²) in [7, 11) is 1.17. The number of nitrogens with one attached hydrogen (secondary N) is 1. The van der Waals surface area contributed by atoms with Crippen LogP contribution in [0.2, 0.25) is 0 Å². The van der Waals surface area contributed by atoms with Crippen LogP contribution in [-0.2, 0) is 14.3 Å². The summed E-state index contributed by atoms with van der Waals surface area (Å²) < 4.78 is 4.31. The third-order valence-corrected chi connectivity index (χ3v) is 2.40. The van der Waals surface area contributed by atoms with Crippen LogP contribution >= 0.6 is 0 Å². The highest BCUT2D eigenvalue weighted by molar-refractivity contribution is 5.82. The molecule has 0 aromatic rings. The Hall–Kier alpha value is -1.40. The molecule has 16 heavy (non-hydrogen) atoms. The highest BCUT2D eigenvalue weighted by atomic mass is 16.5. The molecule has 3 unspecified atom stereocenters. The van der Waals surface area contributed by atoms with Crippen molar-refractivity contribution in [3.63, 3.8) is 0 Å². The van der Waals surface area contributed by atoms with E-state index in [1.54, 1.807) is 12.2 Å². The van der Waals surface area contributed by atoms with Crippen LogP contribution < -0.4 is 11.1 Å². The van der Waals surface area contributed by atoms with Crippen molar-refractivity contribution < 1.29 is 19.4 Å². The Morgan fingerprint density at radius 3 is 2.81 bits per heavy atom. The molecule has 0 aliphatic heterocycles. The number of hydrogen-bond acceptors (Lipinski definition) is 5. The smallest absolute Gasteiger partial charge is 0.336 e. The number of amides is 1. The summed E-state index contributed by atoms with van der Waals surface area (Å²) >= 11 is 0. The number of aliphatic hydroxyl groups is 1. The summed E-state index contributed by atoms with van der Waals surface area (Å²) in [5.74, 6) is -1.29. The molecule has 0 saturated carbocycles. The molecular formula is C10H16N2O4. The normalized spacial score (nSPS) is 25.2. The largest absolute Gasteiger partial charge is 0.467 e. The highest BCUT2D eigenvalue weighted by Crippen LogP contribution is 2.15. The van der Waals surface area contributed by atoms with Crippen LogP contribution in [0.5, 0.6) is 0 Å². The van der Waals surface area contributed by atoms with Gasteiger partial charge in [-0.1, -0.05) is 12.2 Å². The molecule has 0 bridgehead atoms. The van der Waals surface area contributed by atoms with Crippen LogP contribution in [0, 0.1) is 5.92 Å². The van der Waals surface area contributed by atoms with E-state index >= 15 is 0 Å². The third-order valence-electron chi connectivity index (χ3n) is 2.40. The van der Waals surface area contributed by atoms with Gasteiger partial charge in [-0.25, -0.2) is 4.79 Å². The van der Waals surface area contributed by atoms with Gasteiger partial charge in [0.15, 0.2) is 6.10 Å². The Morgan fingerprint density at radius 2 is 2.31 bits per heavy atom. The van der Waals surface area contributed by atoms with Crippen LogP contribution in [-0.4, -0.2) is 42.8 Å². The first-order valence-corrected chi connectivity index (χ1v) is 5.02. The Kier molecular flexibility index (Phi) is 4.45. The first kappa shape index (κ1) is 12.7. The van der Waals surface area contributed by atoms with Gasteiger partial charge in [0.1, 0.15) is 0 Å². The minimum Gasteiger partial charge on any atom is -0.467 e. The first-order valence-electron chi connectivity index (χ1n) is 5.02. The van der Waals surface area contributed by atoms with Gasteiger partial charge >= 0.3 is 5.97 Å². The Balaban J connectivity index is 2.30. The number of esters is 1. The molecule has 6 heteroatoms. The molecule has 0 saturated heterocycles. The van der Waals surface area contributed by atoms with Crippen LogP contribution in [0.15, 0.2) is 12.2 Å². The SMILES string of the molecule is COC(=O)C(O)CNC(=O)C1C=CC(N)C1. The lowest BCUT2D eigenvalue weighted by Gasteiger charge is -2.12. The number of carbonyl (C=O) groups excluding carboxylic acids is 2. The number of aliphatic hydroxyl groups excluding tert-OH is 1. The fourth-order valence-corrected chi connectivity index (χ4v) is 1.47. The van der Waals surface area contributed by atoms with Crippen molar-refractivity contribution in [1.29, 1.82) is 0 Å². The van der Waals surface area contributed by atoms with Crippen molar-refractivity contribution in [3.05, 3.63) is 12.2 Å². The maximum Gasteiger partial charge on any atom is 0.336 e. The number of hydrogen-bond donors (Lipinski definition) is 3. The monoisotopic (exact) mass is 228 g/mol. The van der Waals surface area contributed by atoms with E-state index < -0.39 is 12.1 Å². The van der Waals surface area contributed by atoms with E-state index in [1.807, 2.05) is 0 Å². The van der Waals surface area contributed by atoms with Crippen molar-refractivity contribution in [2.45, 2.75) is 18.6 Å². The Labute approximate surface area is 93.4 Å². The minimum absolute atomic E-state index is 0.0960. The van der Waals surface area contributed by atoms with Gasteiger partial charge in [0.2, 0.25) is 5.91 Å². The lowest BCUT2D eigenvalue weighted by atomic mass is 10.1. The van der Waals surface area contributed by atoms with E-state index in [1.165, 1.54) is 7.11 Å². The van der Waals surface area contributed by atoms with E-state index in [4.69, 9.17) is 5.73 Å². The second-order valence-electron chi connectivity index (χ2n) is 3.68. The van der Waals surface area contributed by atoms with E-state index in [-0.39, 0.29) is 24.4 Å². The first-order chi connectivity index (χ1) is 7.54. The van der Waals surface area contributed by atoms with Gasteiger partial charge in [-0.05, 0) is 6.42 Å². The molecule has 1 aliphatic carbocycles. The summed E-state index contributed by atoms with van der Waals surface area (Å²) in [6, 6.07) is -0.0960. The molecule has 0 heterocycles. The van der Waals surface area contributed by atoms with Crippen molar-refractivity contribution in [3.8, 4) is 0 Å². The zero-order valence-corrected chi connectivity index (χ0v) is 9.05. The van der Waals surface area contributed by atoms with Gasteiger partial charge in [0.25, 0.3) is 0 Å². The second kappa shape index (κ2) is 5.62. The molecule has 0 aromatic carbocycles. The summed E-state index contributed by atoms with van der Waals surface area (Å²) in [6.07, 6.45) is 2.72. The van der Waals surface area contributed by atoms with Gasteiger partial charge in [0, 0.05) is 6.04 Å². The molecule has 0 radical (unpaired) electrons. The van der Waals surface area contributed by atoms with E-state index in [2.05, 4.69) is 10.1 Å². The third kappa shape index (κ3) is 3.32. The molecule has 1 rings (SSSR count). The van der Waals surface area contributed by atoms with Gasteiger partial charge < -0.3 is 20.9 Å². The lowest BCUT2D eigenvalue weighted by Crippen LogP contribution is -2.39. The predicted octanol–water partition coefficient (Wildman–Crippen LogP) is -1.46. The number of nitrogens with two attached hydrogens (primary N) is 1. The van der Waals surface area contributed by atoms with Crippen molar-refractivity contribution in [2.75, 3.05) is 13.7 Å². The Morgan fingerprint density at radius 1 is 1.62 bits per heavy atom. The summed E-state index contributed by atoms with van der Waals surface area (Å²) in [6.45, 7) is -0.148. The molecule has 0 spiro atoms. The average Bonchev–Trinajstić information content (AvgIpc) is 2.71. The molecule has 90 valence electrons. The zero-order valence-electron chi connectivity index (χ0n) is 9.05. The van der Waals surface area contributed by atoms with Crippen molar-refractivity contribution in [1.82, 2.24) is 5.32 Å². The fraction of sp³-hybridized carbons (Fsp3) is 0.600. The maximum absolute atomic E-state index is 11.5. The van der Waals surface area contributed by atoms with Crippen LogP contribution in [0.1, 0.15) is 6.42 Å². The predicted molar refractivity (Wildman–Crippen MR) is 56.3 cm³/mol. The maximum atomic E-state index is 11.5. The van der Waals surface area contributed by atoms with E-state index in [0.717, 1.165) is 0 Å². The fourth-order valence-electron chi connectivity index (χ4n) is 1.47. The minimum atomic E-state index is -1.33. The Bertz CT molecular complexity index is 303. The van der Waals surface area contributed by atoms with Gasteiger partial charge in [-0.3, -0.25) is 4.79 Å². The standard InChI is InChI=1S/C10H16N2O4/c1-16-10(15)8(13)5-12-9(14)6-2-3-7(11)4-6/h2-3,6-8,13H,4-5,11H2,1H3,(H,12,14). The molecular weight excluding hydrogens is 212 g/mol. The van der Waals surface area contributed by atoms with Gasteiger partial charge in [-0.15, -0.1) is 0 Å². The van der Waals surface area contributed by atoms with Crippen LogP contribution in [0.3, 0.4) is 0 Å². The topological polar surface area (TPSA) is 102 Å². The number of methoxy groups -OCH3 is 1. The summed E-state index contributed by atoms with van der Waals surface area (Å²) in [5.41, 5.74) is 5.60. The summed E-state index contributed by atoms with van der Waals surface area (Å²) in [4.78, 5) is 22.4. The van der Waals surface area contributed by atoms with Gasteiger partial charge in [-0.2, -0.15) is 0 Å². The molecule has 6 nitrogen and oxygen atoms in total. The lowest BCUT2D eigenvalue weighted by molar-refractivity contribution is -0.150. The van der Waals surface area contributed by atoms with Crippen molar-refractivity contribution >= 4 is 11.9 Å². The van der Waals surface area contributed by atoms with E-state index in [9.17, 15) is 14.7 Å². The molecule has 0 fully saturated rings. The second-order valence-corrected chi connectivity index (χ2v) is 3.68. The van der Waals surface area contributed by atoms with Crippen molar-refractivity contribution in [2.24, 2.45) is 11.7 Å². The molecule has 3 atom stereocenters. The summed E-state index contributed by atoms with van der Waals surface area (Å²) in [5, 5.41) is 11.7. The highest BCUT2D eigenvalue weighted by Gasteiger charge is 2.24. The number of carbonyl (C=O) groups is 2. The van der Waals surface area contributed by atoms with E-state index in [0.29, 0.717) is 6.42 Å². The zero-order chi connectivity index (χ0) is 12.1. The van der Waals surface area contributed by atoms with Gasteiger partial charge in [0.05, 0.1) is 19.6 Å². The average molecular weight is 228 g/mol. The number of rotatable bonds is 4. The molecule has 0 aromatic heterocycles. The quantitative estimate of drug-likeness (QED) is 0.403. The molecule has 1 aliphatic rings. The van der Waals surface area contributed by atoms with Crippen LogP contribution in [0.25, 0.3) is 0 Å². The molecule has 1 amide bonds. The number of ether oxygens (including phenoxy) is 1.